The molecule has 1 aromatic carbocycles. The van der Waals surface area contributed by atoms with Crippen molar-refractivity contribution in [1.82, 2.24) is 10.6 Å². The predicted molar refractivity (Wildman–Crippen MR) is 75.9 cm³/mol. The molecule has 0 saturated carbocycles. The monoisotopic (exact) mass is 346 g/mol. The van der Waals surface area contributed by atoms with E-state index in [2.05, 4.69) is 26.6 Å². The Morgan fingerprint density at radius 2 is 2.15 bits per heavy atom. The lowest BCUT2D eigenvalue weighted by atomic mass is 10.2. The maximum absolute atomic E-state index is 13.3. The Hall–Kier alpha value is -1.47. The lowest BCUT2D eigenvalue weighted by Gasteiger charge is -2.14. The molecule has 1 unspecified atom stereocenters. The van der Waals surface area contributed by atoms with Gasteiger partial charge in [0.25, 0.3) is 5.91 Å². The van der Waals surface area contributed by atoms with Crippen LogP contribution in [-0.2, 0) is 9.53 Å². The van der Waals surface area contributed by atoms with Crippen molar-refractivity contribution >= 4 is 27.7 Å². The van der Waals surface area contributed by atoms with Crippen LogP contribution in [0.2, 0.25) is 0 Å². The quantitative estimate of drug-likeness (QED) is 0.766. The van der Waals surface area contributed by atoms with Gasteiger partial charge in [-0.3, -0.25) is 9.59 Å². The molecule has 0 aromatic heterocycles. The second-order valence-corrected chi connectivity index (χ2v) is 4.87. The van der Waals surface area contributed by atoms with E-state index >= 15 is 0 Å². The fourth-order valence-corrected chi connectivity index (χ4v) is 1.89. The van der Waals surface area contributed by atoms with Gasteiger partial charge in [-0.05, 0) is 35.0 Å². The van der Waals surface area contributed by atoms with Crippen LogP contribution < -0.4 is 10.6 Å². The van der Waals surface area contributed by atoms with E-state index in [0.29, 0.717) is 13.2 Å². The molecule has 0 radical (unpaired) electrons. The van der Waals surface area contributed by atoms with Crippen molar-refractivity contribution in [3.05, 3.63) is 34.1 Å². The molecule has 0 fully saturated rings. The molecule has 0 bridgehead atoms. The van der Waals surface area contributed by atoms with E-state index in [1.807, 2.05) is 0 Å². The molecule has 0 spiro atoms. The Kier molecular flexibility index (Phi) is 6.60. The van der Waals surface area contributed by atoms with Gasteiger partial charge in [0.05, 0.1) is 16.6 Å². The first-order valence-electron chi connectivity index (χ1n) is 5.99. The third-order valence-electron chi connectivity index (χ3n) is 2.54. The maximum atomic E-state index is 13.3. The Bertz CT molecular complexity index is 497. The zero-order chi connectivity index (χ0) is 15.1. The van der Waals surface area contributed by atoms with E-state index in [0.717, 1.165) is 0 Å². The van der Waals surface area contributed by atoms with Crippen molar-refractivity contribution in [2.24, 2.45) is 0 Å². The van der Waals surface area contributed by atoms with Crippen LogP contribution in [0.25, 0.3) is 0 Å². The summed E-state index contributed by atoms with van der Waals surface area (Å²) in [6.45, 7) is 2.30. The molecule has 1 aromatic rings. The molecule has 0 aliphatic heterocycles. The van der Waals surface area contributed by atoms with E-state index in [4.69, 9.17) is 4.74 Å². The number of ether oxygens (including phenoxy) is 1. The minimum Gasteiger partial charge on any atom is -0.383 e. The molecule has 7 heteroatoms. The van der Waals surface area contributed by atoms with E-state index < -0.39 is 17.8 Å². The number of hydrogen-bond acceptors (Lipinski definition) is 3. The number of methoxy groups -OCH3 is 1. The molecular weight excluding hydrogens is 331 g/mol. The van der Waals surface area contributed by atoms with Crippen molar-refractivity contribution in [3.63, 3.8) is 0 Å². The zero-order valence-corrected chi connectivity index (χ0v) is 12.8. The first kappa shape index (κ1) is 16.6. The summed E-state index contributed by atoms with van der Waals surface area (Å²) in [5.74, 6) is -1.39. The molecule has 0 aliphatic rings. The summed E-state index contributed by atoms with van der Waals surface area (Å²) in [4.78, 5) is 23.6. The standard InChI is InChI=1S/C13H16BrFN2O3/c1-8(12(18)16-6-7-20-2)17-13(19)9-4-3-5-10(15)11(9)14/h3-5,8H,6-7H2,1-2H3,(H,16,18)(H,17,19). The Labute approximate surface area is 125 Å². The van der Waals surface area contributed by atoms with Gasteiger partial charge in [0.15, 0.2) is 0 Å². The van der Waals surface area contributed by atoms with E-state index in [1.165, 1.54) is 25.3 Å². The molecule has 0 aliphatic carbocycles. The third-order valence-corrected chi connectivity index (χ3v) is 3.35. The number of rotatable bonds is 6. The van der Waals surface area contributed by atoms with Gasteiger partial charge in [0, 0.05) is 13.7 Å². The maximum Gasteiger partial charge on any atom is 0.253 e. The number of carbonyl (C=O) groups is 2. The van der Waals surface area contributed by atoms with E-state index in [1.54, 1.807) is 6.92 Å². The molecule has 2 amide bonds. The average molecular weight is 347 g/mol. The highest BCUT2D eigenvalue weighted by Gasteiger charge is 2.18. The fourth-order valence-electron chi connectivity index (χ4n) is 1.45. The van der Waals surface area contributed by atoms with Gasteiger partial charge in [0.2, 0.25) is 5.91 Å². The fraction of sp³-hybridized carbons (Fsp3) is 0.385. The smallest absolute Gasteiger partial charge is 0.253 e. The molecule has 20 heavy (non-hydrogen) atoms. The summed E-state index contributed by atoms with van der Waals surface area (Å²) in [5, 5.41) is 5.10. The SMILES string of the molecule is COCCNC(=O)C(C)NC(=O)c1cccc(F)c1Br. The van der Waals surface area contributed by atoms with Crippen molar-refractivity contribution in [3.8, 4) is 0 Å². The second-order valence-electron chi connectivity index (χ2n) is 4.08. The van der Waals surface area contributed by atoms with Crippen molar-refractivity contribution in [2.75, 3.05) is 20.3 Å². The first-order valence-corrected chi connectivity index (χ1v) is 6.78. The summed E-state index contributed by atoms with van der Waals surface area (Å²) in [6.07, 6.45) is 0. The minimum atomic E-state index is -0.727. The predicted octanol–water partition coefficient (Wildman–Crippen LogP) is 1.47. The van der Waals surface area contributed by atoms with Gasteiger partial charge in [-0.25, -0.2) is 4.39 Å². The number of nitrogens with one attached hydrogen (secondary N) is 2. The largest absolute Gasteiger partial charge is 0.383 e. The summed E-state index contributed by atoms with van der Waals surface area (Å²) >= 11 is 3.01. The normalized spacial score (nSPS) is 11.8. The first-order chi connectivity index (χ1) is 9.47. The minimum absolute atomic E-state index is 0.0736. The Balaban J connectivity index is 2.61. The van der Waals surface area contributed by atoms with Crippen molar-refractivity contribution < 1.29 is 18.7 Å². The van der Waals surface area contributed by atoms with E-state index in [-0.39, 0.29) is 15.9 Å². The summed E-state index contributed by atoms with van der Waals surface area (Å²) < 4.78 is 18.2. The topological polar surface area (TPSA) is 67.4 Å². The zero-order valence-electron chi connectivity index (χ0n) is 11.2. The van der Waals surface area contributed by atoms with Gasteiger partial charge < -0.3 is 15.4 Å². The summed E-state index contributed by atoms with van der Waals surface area (Å²) in [6, 6.07) is 3.41. The molecular formula is C13H16BrFN2O3. The van der Waals surface area contributed by atoms with E-state index in [9.17, 15) is 14.0 Å². The van der Waals surface area contributed by atoms with Crippen LogP contribution in [0.3, 0.4) is 0 Å². The molecule has 5 nitrogen and oxygen atoms in total. The molecule has 110 valence electrons. The molecule has 0 heterocycles. The average Bonchev–Trinajstić information content (AvgIpc) is 2.41. The lowest BCUT2D eigenvalue weighted by Crippen LogP contribution is -2.45. The number of benzene rings is 1. The summed E-state index contributed by atoms with van der Waals surface area (Å²) in [7, 11) is 1.53. The van der Waals surface area contributed by atoms with Crippen molar-refractivity contribution in [1.29, 1.82) is 0 Å². The number of hydrogen-bond donors (Lipinski definition) is 2. The molecule has 1 rings (SSSR count). The van der Waals surface area contributed by atoms with Gasteiger partial charge >= 0.3 is 0 Å². The van der Waals surface area contributed by atoms with Crippen molar-refractivity contribution in [2.45, 2.75) is 13.0 Å². The van der Waals surface area contributed by atoms with Crippen LogP contribution in [0, 0.1) is 5.82 Å². The highest BCUT2D eigenvalue weighted by Crippen LogP contribution is 2.20. The van der Waals surface area contributed by atoms with Gasteiger partial charge in [-0.1, -0.05) is 6.07 Å². The van der Waals surface area contributed by atoms with Gasteiger partial charge in [-0.2, -0.15) is 0 Å². The molecule has 1 atom stereocenters. The van der Waals surface area contributed by atoms with Crippen LogP contribution in [0.1, 0.15) is 17.3 Å². The summed E-state index contributed by atoms with van der Waals surface area (Å²) in [5.41, 5.74) is 0.140. The number of carbonyl (C=O) groups excluding carboxylic acids is 2. The molecule has 0 saturated heterocycles. The second kappa shape index (κ2) is 7.96. The van der Waals surface area contributed by atoms with Crippen LogP contribution >= 0.6 is 15.9 Å². The Morgan fingerprint density at radius 3 is 2.80 bits per heavy atom. The third kappa shape index (κ3) is 4.57. The highest BCUT2D eigenvalue weighted by molar-refractivity contribution is 9.10. The highest BCUT2D eigenvalue weighted by atomic mass is 79.9. The Morgan fingerprint density at radius 1 is 1.45 bits per heavy atom. The lowest BCUT2D eigenvalue weighted by molar-refractivity contribution is -0.122. The van der Waals surface area contributed by atoms with Crippen LogP contribution in [0.15, 0.2) is 22.7 Å². The van der Waals surface area contributed by atoms with Crippen LogP contribution in [-0.4, -0.2) is 38.1 Å². The van der Waals surface area contributed by atoms with Crippen LogP contribution in [0.5, 0.6) is 0 Å². The van der Waals surface area contributed by atoms with Gasteiger partial charge in [-0.15, -0.1) is 0 Å². The molecule has 2 N–H and O–H groups in total. The van der Waals surface area contributed by atoms with Gasteiger partial charge in [0.1, 0.15) is 11.9 Å². The van der Waals surface area contributed by atoms with Crippen LogP contribution in [0.4, 0.5) is 4.39 Å². The number of amides is 2. The number of halogens is 2.